The SMILES string of the molecule is CN(C)C(F)(OCC(F)(F)C(F)F)C(Cl)Cl. The Morgan fingerprint density at radius 1 is 1.19 bits per heavy atom. The molecule has 1 atom stereocenters. The zero-order chi connectivity index (χ0) is 13.1. The van der Waals surface area contributed by atoms with Crippen LogP contribution >= 0.6 is 23.2 Å². The second-order valence-corrected chi connectivity index (χ2v) is 4.25. The van der Waals surface area contributed by atoms with Gasteiger partial charge in [-0.3, -0.25) is 4.90 Å². The van der Waals surface area contributed by atoms with Gasteiger partial charge in [0.1, 0.15) is 6.61 Å². The number of nitrogens with zero attached hydrogens (tertiary/aromatic N) is 1. The quantitative estimate of drug-likeness (QED) is 0.323. The zero-order valence-corrected chi connectivity index (χ0v) is 9.87. The van der Waals surface area contributed by atoms with Crippen molar-refractivity contribution in [2.75, 3.05) is 20.7 Å². The van der Waals surface area contributed by atoms with Gasteiger partial charge in [0.25, 0.3) is 5.98 Å². The molecule has 1 unspecified atom stereocenters. The van der Waals surface area contributed by atoms with E-state index < -0.39 is 29.8 Å². The summed E-state index contributed by atoms with van der Waals surface area (Å²) in [6.07, 6.45) is -3.96. The second-order valence-electron chi connectivity index (χ2n) is 3.15. The molecular weight excluding hydrogens is 280 g/mol. The van der Waals surface area contributed by atoms with Crippen molar-refractivity contribution in [3.63, 3.8) is 0 Å². The minimum absolute atomic E-state index is 0.666. The number of hydrogen-bond donors (Lipinski definition) is 0. The van der Waals surface area contributed by atoms with E-state index in [4.69, 9.17) is 23.2 Å². The van der Waals surface area contributed by atoms with E-state index in [1.54, 1.807) is 0 Å². The third-order valence-electron chi connectivity index (χ3n) is 1.67. The standard InChI is InChI=1S/C7H10Cl2F5NO/c1-15(2)7(14,4(8)9)16-3-6(12,13)5(10)11/h4-5H,3H2,1-2H3. The lowest BCUT2D eigenvalue weighted by Gasteiger charge is -2.33. The molecule has 98 valence electrons. The highest BCUT2D eigenvalue weighted by molar-refractivity contribution is 6.44. The molecule has 0 spiro atoms. The van der Waals surface area contributed by atoms with Crippen LogP contribution in [-0.4, -0.2) is 48.8 Å². The van der Waals surface area contributed by atoms with Crippen LogP contribution in [0.25, 0.3) is 0 Å². The van der Waals surface area contributed by atoms with Crippen LogP contribution in [0.4, 0.5) is 22.0 Å². The summed E-state index contributed by atoms with van der Waals surface area (Å²) >= 11 is 10.4. The third-order valence-corrected chi connectivity index (χ3v) is 2.20. The van der Waals surface area contributed by atoms with Gasteiger partial charge in [0, 0.05) is 0 Å². The Bertz CT molecular complexity index is 219. The van der Waals surface area contributed by atoms with E-state index in [1.807, 2.05) is 0 Å². The maximum atomic E-state index is 13.7. The van der Waals surface area contributed by atoms with Gasteiger partial charge < -0.3 is 4.74 Å². The largest absolute Gasteiger partial charge is 0.330 e. The summed E-state index contributed by atoms with van der Waals surface area (Å²) in [7, 11) is 2.22. The average Bonchev–Trinajstić information content (AvgIpc) is 2.13. The summed E-state index contributed by atoms with van der Waals surface area (Å²) < 4.78 is 66.2. The fourth-order valence-electron chi connectivity index (χ4n) is 0.648. The van der Waals surface area contributed by atoms with Crippen LogP contribution in [0.15, 0.2) is 0 Å². The highest BCUT2D eigenvalue weighted by Crippen LogP contribution is 2.32. The van der Waals surface area contributed by atoms with Crippen molar-refractivity contribution in [1.29, 1.82) is 0 Å². The van der Waals surface area contributed by atoms with Gasteiger partial charge in [-0.1, -0.05) is 23.2 Å². The summed E-state index contributed by atoms with van der Waals surface area (Å²) in [6.45, 7) is -1.82. The van der Waals surface area contributed by atoms with E-state index in [1.165, 1.54) is 0 Å². The van der Waals surface area contributed by atoms with Crippen LogP contribution in [-0.2, 0) is 4.74 Å². The molecule has 0 saturated carbocycles. The van der Waals surface area contributed by atoms with Crippen molar-refractivity contribution in [3.8, 4) is 0 Å². The van der Waals surface area contributed by atoms with E-state index in [-0.39, 0.29) is 0 Å². The smallest absolute Gasteiger partial charge is 0.325 e. The van der Waals surface area contributed by atoms with Crippen molar-refractivity contribution in [2.24, 2.45) is 0 Å². The summed E-state index contributed by atoms with van der Waals surface area (Å²) in [5.41, 5.74) is 0. The molecule has 9 heteroatoms. The summed E-state index contributed by atoms with van der Waals surface area (Å²) in [6, 6.07) is 0. The number of rotatable bonds is 6. The van der Waals surface area contributed by atoms with Crippen LogP contribution in [0, 0.1) is 0 Å². The first-order valence-electron chi connectivity index (χ1n) is 3.98. The summed E-state index contributed by atoms with van der Waals surface area (Å²) in [5.74, 6) is -7.42. The highest BCUT2D eigenvalue weighted by Gasteiger charge is 2.48. The molecule has 16 heavy (non-hydrogen) atoms. The lowest BCUT2D eigenvalue weighted by molar-refractivity contribution is -0.267. The molecular formula is C7H10Cl2F5NO. The number of ether oxygens (including phenoxy) is 1. The molecule has 0 amide bonds. The van der Waals surface area contributed by atoms with Gasteiger partial charge in [-0.2, -0.15) is 13.2 Å². The summed E-state index contributed by atoms with van der Waals surface area (Å²) in [4.78, 5) is -1.16. The molecule has 2 nitrogen and oxygen atoms in total. The molecule has 0 saturated heterocycles. The fourth-order valence-corrected chi connectivity index (χ4v) is 1.16. The van der Waals surface area contributed by atoms with Crippen LogP contribution < -0.4 is 0 Å². The highest BCUT2D eigenvalue weighted by atomic mass is 35.5. The molecule has 0 aromatic heterocycles. The second kappa shape index (κ2) is 5.66. The first-order valence-corrected chi connectivity index (χ1v) is 4.85. The molecule has 0 fully saturated rings. The van der Waals surface area contributed by atoms with E-state index in [0.717, 1.165) is 14.1 Å². The monoisotopic (exact) mass is 289 g/mol. The molecule has 0 rings (SSSR count). The van der Waals surface area contributed by atoms with E-state index in [0.29, 0.717) is 4.90 Å². The number of hydrogen-bond acceptors (Lipinski definition) is 2. The van der Waals surface area contributed by atoms with Crippen molar-refractivity contribution in [1.82, 2.24) is 4.90 Å². The van der Waals surface area contributed by atoms with Crippen molar-refractivity contribution >= 4 is 23.2 Å². The first-order chi connectivity index (χ1) is 7.04. The van der Waals surface area contributed by atoms with Crippen LogP contribution in [0.3, 0.4) is 0 Å². The first kappa shape index (κ1) is 16.1. The van der Waals surface area contributed by atoms with Crippen LogP contribution in [0.1, 0.15) is 0 Å². The van der Waals surface area contributed by atoms with Gasteiger partial charge in [-0.15, -0.1) is 0 Å². The minimum Gasteiger partial charge on any atom is -0.325 e. The zero-order valence-electron chi connectivity index (χ0n) is 8.36. The van der Waals surface area contributed by atoms with Gasteiger partial charge in [0.2, 0.25) is 0 Å². The van der Waals surface area contributed by atoms with Gasteiger partial charge in [-0.05, 0) is 14.1 Å². The fraction of sp³-hybridized carbons (Fsp3) is 1.00. The predicted molar refractivity (Wildman–Crippen MR) is 49.9 cm³/mol. The van der Waals surface area contributed by atoms with Crippen LogP contribution in [0.5, 0.6) is 0 Å². The molecule has 0 aliphatic heterocycles. The van der Waals surface area contributed by atoms with Crippen molar-refractivity contribution < 1.29 is 26.7 Å². The summed E-state index contributed by atoms with van der Waals surface area (Å²) in [5, 5.41) is 0. The Morgan fingerprint density at radius 3 is 1.88 bits per heavy atom. The third kappa shape index (κ3) is 3.87. The molecule has 0 aromatic rings. The molecule has 0 aliphatic carbocycles. The number of alkyl halides is 7. The molecule has 0 heterocycles. The maximum Gasteiger partial charge on any atom is 0.330 e. The Hall–Kier alpha value is 0.150. The Balaban J connectivity index is 4.58. The average molecular weight is 290 g/mol. The van der Waals surface area contributed by atoms with Gasteiger partial charge in [-0.25, -0.2) is 8.78 Å². The Kier molecular flexibility index (Phi) is 5.71. The topological polar surface area (TPSA) is 12.5 Å². The van der Waals surface area contributed by atoms with E-state index >= 15 is 0 Å². The van der Waals surface area contributed by atoms with Gasteiger partial charge in [0.15, 0.2) is 4.84 Å². The predicted octanol–water partition coefficient (Wildman–Crippen LogP) is 2.89. The minimum atomic E-state index is -4.46. The lowest BCUT2D eigenvalue weighted by Crippen LogP contribution is -2.50. The molecule has 0 bridgehead atoms. The molecule has 0 radical (unpaired) electrons. The molecule has 0 aromatic carbocycles. The lowest BCUT2D eigenvalue weighted by atomic mass is 10.4. The van der Waals surface area contributed by atoms with E-state index in [2.05, 4.69) is 4.74 Å². The molecule has 0 aliphatic rings. The molecule has 0 N–H and O–H groups in total. The maximum absolute atomic E-state index is 13.7. The van der Waals surface area contributed by atoms with Crippen LogP contribution in [0.2, 0.25) is 0 Å². The van der Waals surface area contributed by atoms with E-state index in [9.17, 15) is 22.0 Å². The number of halogens is 7. The normalized spacial score (nSPS) is 17.2. The van der Waals surface area contributed by atoms with Gasteiger partial charge >= 0.3 is 12.3 Å². The van der Waals surface area contributed by atoms with Crippen molar-refractivity contribution in [3.05, 3.63) is 0 Å². The van der Waals surface area contributed by atoms with Crippen molar-refractivity contribution in [2.45, 2.75) is 23.2 Å². The Morgan fingerprint density at radius 2 is 1.62 bits per heavy atom. The van der Waals surface area contributed by atoms with Gasteiger partial charge in [0.05, 0.1) is 0 Å². The Labute approximate surface area is 99.2 Å².